The Morgan fingerprint density at radius 1 is 0.833 bits per heavy atom. The Morgan fingerprint density at radius 3 is 2.53 bits per heavy atom. The van der Waals surface area contributed by atoms with Gasteiger partial charge in [-0.1, -0.05) is 36.4 Å². The van der Waals surface area contributed by atoms with Crippen LogP contribution in [-0.4, -0.2) is 18.6 Å². The summed E-state index contributed by atoms with van der Waals surface area (Å²) in [6.45, 7) is 0.605. The molecule has 152 valence electrons. The van der Waals surface area contributed by atoms with Gasteiger partial charge in [0.15, 0.2) is 11.5 Å². The van der Waals surface area contributed by atoms with Crippen LogP contribution in [-0.2, 0) is 17.8 Å². The molecule has 0 saturated heterocycles. The van der Waals surface area contributed by atoms with Gasteiger partial charge in [-0.05, 0) is 53.9 Å². The highest BCUT2D eigenvalue weighted by molar-refractivity contribution is 6.04. The average molecular weight is 402 g/mol. The number of carbonyl (C=O) groups is 2. The van der Waals surface area contributed by atoms with Crippen molar-refractivity contribution >= 4 is 17.5 Å². The summed E-state index contributed by atoms with van der Waals surface area (Å²) in [7, 11) is 0. The number of nitrogens with one attached hydrogen (secondary N) is 2. The SMILES string of the molecule is O=C(CCc1ccc2c(c1)OCO2)NCc1cccc(C(=O)Nc2ccccc2)c1. The number of para-hydroxylation sites is 1. The maximum Gasteiger partial charge on any atom is 0.255 e. The molecule has 3 aromatic rings. The van der Waals surface area contributed by atoms with Gasteiger partial charge in [-0.15, -0.1) is 0 Å². The lowest BCUT2D eigenvalue weighted by Crippen LogP contribution is -2.23. The van der Waals surface area contributed by atoms with Crippen molar-refractivity contribution in [1.29, 1.82) is 0 Å². The maximum absolute atomic E-state index is 12.4. The van der Waals surface area contributed by atoms with Gasteiger partial charge < -0.3 is 20.1 Å². The minimum Gasteiger partial charge on any atom is -0.454 e. The van der Waals surface area contributed by atoms with Gasteiger partial charge in [0.1, 0.15) is 0 Å². The number of hydrogen-bond acceptors (Lipinski definition) is 4. The van der Waals surface area contributed by atoms with Crippen LogP contribution in [0.3, 0.4) is 0 Å². The van der Waals surface area contributed by atoms with E-state index in [0.29, 0.717) is 24.9 Å². The lowest BCUT2D eigenvalue weighted by Gasteiger charge is -2.09. The molecule has 1 aliphatic rings. The second-order valence-electron chi connectivity index (χ2n) is 6.98. The van der Waals surface area contributed by atoms with Crippen LogP contribution in [0.2, 0.25) is 0 Å². The zero-order valence-electron chi connectivity index (χ0n) is 16.4. The fraction of sp³-hybridized carbons (Fsp3) is 0.167. The number of hydrogen-bond donors (Lipinski definition) is 2. The Labute approximate surface area is 174 Å². The summed E-state index contributed by atoms with van der Waals surface area (Å²) in [5.74, 6) is 1.22. The molecular formula is C24H22N2O4. The third kappa shape index (κ3) is 4.97. The van der Waals surface area contributed by atoms with Gasteiger partial charge >= 0.3 is 0 Å². The van der Waals surface area contributed by atoms with E-state index < -0.39 is 0 Å². The molecule has 2 amide bonds. The van der Waals surface area contributed by atoms with Crippen LogP contribution < -0.4 is 20.1 Å². The normalized spacial score (nSPS) is 11.7. The van der Waals surface area contributed by atoms with E-state index in [9.17, 15) is 9.59 Å². The van der Waals surface area contributed by atoms with E-state index in [4.69, 9.17) is 9.47 Å². The van der Waals surface area contributed by atoms with Crippen LogP contribution in [0.4, 0.5) is 5.69 Å². The highest BCUT2D eigenvalue weighted by atomic mass is 16.7. The highest BCUT2D eigenvalue weighted by Gasteiger charge is 2.13. The molecule has 30 heavy (non-hydrogen) atoms. The van der Waals surface area contributed by atoms with Crippen LogP contribution in [0.25, 0.3) is 0 Å². The van der Waals surface area contributed by atoms with Crippen molar-refractivity contribution in [3.05, 3.63) is 89.5 Å². The van der Waals surface area contributed by atoms with E-state index in [-0.39, 0.29) is 18.6 Å². The lowest BCUT2D eigenvalue weighted by atomic mass is 10.1. The number of rotatable bonds is 7. The van der Waals surface area contributed by atoms with Crippen LogP contribution in [0, 0.1) is 0 Å². The molecule has 1 aliphatic heterocycles. The van der Waals surface area contributed by atoms with Gasteiger partial charge in [-0.3, -0.25) is 9.59 Å². The standard InChI is InChI=1S/C24H22N2O4/c27-23(12-10-17-9-11-21-22(14-17)30-16-29-21)25-15-18-5-4-6-19(13-18)24(28)26-20-7-2-1-3-8-20/h1-9,11,13-14H,10,12,15-16H2,(H,25,27)(H,26,28). The summed E-state index contributed by atoms with van der Waals surface area (Å²) < 4.78 is 10.7. The molecule has 0 unspecified atom stereocenters. The van der Waals surface area contributed by atoms with Gasteiger partial charge in [-0.25, -0.2) is 0 Å². The molecule has 0 saturated carbocycles. The maximum atomic E-state index is 12.4. The van der Waals surface area contributed by atoms with Crippen molar-refractivity contribution in [2.24, 2.45) is 0 Å². The van der Waals surface area contributed by atoms with Crippen molar-refractivity contribution < 1.29 is 19.1 Å². The Balaban J connectivity index is 1.27. The van der Waals surface area contributed by atoms with Gasteiger partial charge in [-0.2, -0.15) is 0 Å². The number of carbonyl (C=O) groups excluding carboxylic acids is 2. The highest BCUT2D eigenvalue weighted by Crippen LogP contribution is 2.32. The lowest BCUT2D eigenvalue weighted by molar-refractivity contribution is -0.121. The fourth-order valence-electron chi connectivity index (χ4n) is 3.19. The monoisotopic (exact) mass is 402 g/mol. The molecule has 2 N–H and O–H groups in total. The van der Waals surface area contributed by atoms with Gasteiger partial charge in [0.05, 0.1) is 0 Å². The average Bonchev–Trinajstić information content (AvgIpc) is 3.25. The molecule has 1 heterocycles. The van der Waals surface area contributed by atoms with E-state index in [1.165, 1.54) is 0 Å². The van der Waals surface area contributed by atoms with E-state index >= 15 is 0 Å². The smallest absolute Gasteiger partial charge is 0.255 e. The predicted molar refractivity (Wildman–Crippen MR) is 114 cm³/mol. The molecule has 4 rings (SSSR count). The molecule has 0 radical (unpaired) electrons. The summed E-state index contributed by atoms with van der Waals surface area (Å²) in [5.41, 5.74) is 3.18. The summed E-state index contributed by atoms with van der Waals surface area (Å²) in [5, 5.41) is 5.77. The first kappa shape index (κ1) is 19.5. The Kier molecular flexibility index (Phi) is 5.94. The first-order valence-corrected chi connectivity index (χ1v) is 9.78. The first-order valence-electron chi connectivity index (χ1n) is 9.78. The number of anilines is 1. The second-order valence-corrected chi connectivity index (χ2v) is 6.98. The topological polar surface area (TPSA) is 76.7 Å². The Morgan fingerprint density at radius 2 is 1.67 bits per heavy atom. The van der Waals surface area contributed by atoms with Gasteiger partial charge in [0.25, 0.3) is 5.91 Å². The molecular weight excluding hydrogens is 380 g/mol. The van der Waals surface area contributed by atoms with Crippen molar-refractivity contribution in [2.45, 2.75) is 19.4 Å². The fourth-order valence-corrected chi connectivity index (χ4v) is 3.19. The predicted octanol–water partition coefficient (Wildman–Crippen LogP) is 3.92. The molecule has 0 spiro atoms. The van der Waals surface area contributed by atoms with E-state index in [1.807, 2.05) is 60.7 Å². The molecule has 0 aromatic heterocycles. The number of ether oxygens (including phenoxy) is 2. The molecule has 0 bridgehead atoms. The second kappa shape index (κ2) is 9.13. The number of benzene rings is 3. The molecule has 0 aliphatic carbocycles. The van der Waals surface area contributed by atoms with Crippen LogP contribution in [0.1, 0.15) is 27.9 Å². The third-order valence-electron chi connectivity index (χ3n) is 4.79. The van der Waals surface area contributed by atoms with Gasteiger partial charge in [0, 0.05) is 24.2 Å². The van der Waals surface area contributed by atoms with Crippen LogP contribution >= 0.6 is 0 Å². The molecule has 3 aromatic carbocycles. The zero-order chi connectivity index (χ0) is 20.8. The summed E-state index contributed by atoms with van der Waals surface area (Å²) in [4.78, 5) is 24.7. The number of aryl methyl sites for hydroxylation is 1. The van der Waals surface area contributed by atoms with Gasteiger partial charge in [0.2, 0.25) is 12.7 Å². The summed E-state index contributed by atoms with van der Waals surface area (Å²) >= 11 is 0. The Bertz CT molecular complexity index is 1050. The van der Waals surface area contributed by atoms with E-state index in [1.54, 1.807) is 12.1 Å². The van der Waals surface area contributed by atoms with E-state index in [2.05, 4.69) is 10.6 Å². The minimum atomic E-state index is -0.183. The largest absolute Gasteiger partial charge is 0.454 e. The zero-order valence-corrected chi connectivity index (χ0v) is 16.4. The van der Waals surface area contributed by atoms with Crippen LogP contribution in [0.5, 0.6) is 11.5 Å². The number of fused-ring (bicyclic) bond motifs is 1. The third-order valence-corrected chi connectivity index (χ3v) is 4.79. The summed E-state index contributed by atoms with van der Waals surface area (Å²) in [6, 6.07) is 22.2. The molecule has 6 heteroatoms. The Hall–Kier alpha value is -3.80. The van der Waals surface area contributed by atoms with Crippen molar-refractivity contribution in [3.63, 3.8) is 0 Å². The van der Waals surface area contributed by atoms with Crippen molar-refractivity contribution in [1.82, 2.24) is 5.32 Å². The summed E-state index contributed by atoms with van der Waals surface area (Å²) in [6.07, 6.45) is 0.982. The van der Waals surface area contributed by atoms with Crippen molar-refractivity contribution in [3.8, 4) is 11.5 Å². The van der Waals surface area contributed by atoms with E-state index in [0.717, 1.165) is 28.3 Å². The first-order chi connectivity index (χ1) is 14.7. The van der Waals surface area contributed by atoms with Crippen molar-refractivity contribution in [2.75, 3.05) is 12.1 Å². The minimum absolute atomic E-state index is 0.0493. The number of amides is 2. The van der Waals surface area contributed by atoms with Crippen LogP contribution in [0.15, 0.2) is 72.8 Å². The quantitative estimate of drug-likeness (QED) is 0.628. The molecule has 6 nitrogen and oxygen atoms in total. The molecule has 0 atom stereocenters. The molecule has 0 fully saturated rings.